The van der Waals surface area contributed by atoms with Gasteiger partial charge in [0, 0.05) is 23.0 Å². The molecule has 0 amide bonds. The molecule has 1 unspecified atom stereocenters. The minimum atomic E-state index is 0.298. The highest BCUT2D eigenvalue weighted by Crippen LogP contribution is 2.31. The number of nitrogens with zero attached hydrogens (tertiary/aromatic N) is 2. The molecule has 0 aliphatic carbocycles. The van der Waals surface area contributed by atoms with Crippen LogP contribution in [-0.2, 0) is 6.42 Å². The third kappa shape index (κ3) is 3.09. The molecule has 3 rings (SSSR count). The van der Waals surface area contributed by atoms with E-state index in [-0.39, 0.29) is 0 Å². The average Bonchev–Trinajstić information content (AvgIpc) is 2.94. The Morgan fingerprint density at radius 3 is 3.10 bits per heavy atom. The first kappa shape index (κ1) is 14.1. The van der Waals surface area contributed by atoms with E-state index in [1.807, 2.05) is 31.3 Å². The summed E-state index contributed by atoms with van der Waals surface area (Å²) in [6.45, 7) is 2.48. The molecule has 21 heavy (non-hydrogen) atoms. The van der Waals surface area contributed by atoms with Crippen LogP contribution >= 0.6 is 11.6 Å². The molecule has 5 nitrogen and oxygen atoms in total. The van der Waals surface area contributed by atoms with Crippen molar-refractivity contribution in [2.75, 3.05) is 13.7 Å². The normalized spacial score (nSPS) is 15.1. The van der Waals surface area contributed by atoms with Crippen molar-refractivity contribution < 1.29 is 9.26 Å². The molecule has 1 atom stereocenters. The molecule has 1 aliphatic rings. The highest BCUT2D eigenvalue weighted by Gasteiger charge is 2.18. The van der Waals surface area contributed by atoms with Gasteiger partial charge in [-0.2, -0.15) is 4.98 Å². The smallest absolute Gasteiger partial charge is 0.257 e. The van der Waals surface area contributed by atoms with Crippen molar-refractivity contribution >= 4 is 23.3 Å². The molecular weight excluding hydrogens is 290 g/mol. The Labute approximate surface area is 127 Å². The number of hydrogen-bond donors (Lipinski definition) is 1. The number of ether oxygens (including phenoxy) is 1. The van der Waals surface area contributed by atoms with Crippen molar-refractivity contribution in [3.05, 3.63) is 40.5 Å². The van der Waals surface area contributed by atoms with E-state index in [1.165, 1.54) is 0 Å². The van der Waals surface area contributed by atoms with E-state index >= 15 is 0 Å². The Hall–Kier alpha value is -1.85. The highest BCUT2D eigenvalue weighted by molar-refractivity contribution is 6.30. The fourth-order valence-electron chi connectivity index (χ4n) is 2.12. The minimum Gasteiger partial charge on any atom is -0.488 e. The molecule has 110 valence electrons. The first-order valence-electron chi connectivity index (χ1n) is 6.79. The SMILES string of the molecule is CNC(C)Cc1noc(C2=Cc3cc(Cl)ccc3OC2)n1. The molecule has 1 N–H and O–H groups in total. The summed E-state index contributed by atoms with van der Waals surface area (Å²) in [6.07, 6.45) is 2.69. The van der Waals surface area contributed by atoms with Crippen LogP contribution in [0.1, 0.15) is 24.2 Å². The third-order valence-electron chi connectivity index (χ3n) is 3.41. The van der Waals surface area contributed by atoms with E-state index in [9.17, 15) is 0 Å². The molecule has 0 fully saturated rings. The van der Waals surface area contributed by atoms with Crippen molar-refractivity contribution in [3.8, 4) is 5.75 Å². The molecule has 0 spiro atoms. The van der Waals surface area contributed by atoms with Crippen LogP contribution in [-0.4, -0.2) is 29.8 Å². The molecule has 2 heterocycles. The maximum atomic E-state index is 6.00. The second-order valence-electron chi connectivity index (χ2n) is 5.05. The topological polar surface area (TPSA) is 60.2 Å². The molecule has 0 saturated carbocycles. The van der Waals surface area contributed by atoms with Gasteiger partial charge in [-0.25, -0.2) is 0 Å². The number of halogens is 1. The monoisotopic (exact) mass is 305 g/mol. The number of likely N-dealkylation sites (N-methyl/N-ethyl adjacent to an activating group) is 1. The summed E-state index contributed by atoms with van der Waals surface area (Å²) in [5.74, 6) is 2.00. The van der Waals surface area contributed by atoms with Crippen LogP contribution in [0.5, 0.6) is 5.75 Å². The molecule has 1 aromatic carbocycles. The summed E-state index contributed by atoms with van der Waals surface area (Å²) in [6, 6.07) is 5.82. The Balaban J connectivity index is 1.84. The maximum Gasteiger partial charge on any atom is 0.257 e. The van der Waals surface area contributed by atoms with Gasteiger partial charge in [0.1, 0.15) is 12.4 Å². The molecule has 0 radical (unpaired) electrons. The summed E-state index contributed by atoms with van der Waals surface area (Å²) in [5.41, 5.74) is 1.78. The van der Waals surface area contributed by atoms with Crippen molar-refractivity contribution in [1.82, 2.24) is 15.5 Å². The van der Waals surface area contributed by atoms with Crippen LogP contribution < -0.4 is 10.1 Å². The Kier molecular flexibility index (Phi) is 3.94. The Morgan fingerprint density at radius 1 is 1.43 bits per heavy atom. The standard InChI is InChI=1S/C15H16ClN3O2/c1-9(17-2)5-14-18-15(21-19-14)11-6-10-7-12(16)3-4-13(10)20-8-11/h3-4,6-7,9,17H,5,8H2,1-2H3. The summed E-state index contributed by atoms with van der Waals surface area (Å²) in [4.78, 5) is 4.42. The van der Waals surface area contributed by atoms with Crippen LogP contribution in [0.15, 0.2) is 22.7 Å². The first-order valence-corrected chi connectivity index (χ1v) is 7.16. The van der Waals surface area contributed by atoms with Crippen molar-refractivity contribution in [2.45, 2.75) is 19.4 Å². The van der Waals surface area contributed by atoms with Crippen LogP contribution in [0.2, 0.25) is 5.02 Å². The van der Waals surface area contributed by atoms with Gasteiger partial charge in [-0.15, -0.1) is 0 Å². The number of nitrogens with one attached hydrogen (secondary N) is 1. The second-order valence-corrected chi connectivity index (χ2v) is 5.49. The van der Waals surface area contributed by atoms with Gasteiger partial charge in [-0.3, -0.25) is 0 Å². The molecule has 1 aliphatic heterocycles. The van der Waals surface area contributed by atoms with Crippen molar-refractivity contribution in [3.63, 3.8) is 0 Å². The molecule has 0 saturated heterocycles. The first-order chi connectivity index (χ1) is 10.2. The second kappa shape index (κ2) is 5.87. The summed E-state index contributed by atoms with van der Waals surface area (Å²) in [5, 5.41) is 7.82. The molecule has 6 heteroatoms. The Bertz CT molecular complexity index is 681. The number of fused-ring (bicyclic) bond motifs is 1. The van der Waals surface area contributed by atoms with Crippen LogP contribution in [0.3, 0.4) is 0 Å². The lowest BCUT2D eigenvalue weighted by Gasteiger charge is -2.15. The van der Waals surface area contributed by atoms with E-state index < -0.39 is 0 Å². The fourth-order valence-corrected chi connectivity index (χ4v) is 2.30. The van der Waals surface area contributed by atoms with Gasteiger partial charge in [0.25, 0.3) is 5.89 Å². The quantitative estimate of drug-likeness (QED) is 0.941. The minimum absolute atomic E-state index is 0.298. The number of aromatic nitrogens is 2. The summed E-state index contributed by atoms with van der Waals surface area (Å²) in [7, 11) is 1.91. The zero-order chi connectivity index (χ0) is 14.8. The summed E-state index contributed by atoms with van der Waals surface area (Å²) >= 11 is 6.00. The third-order valence-corrected chi connectivity index (χ3v) is 3.64. The Morgan fingerprint density at radius 2 is 2.29 bits per heavy atom. The average molecular weight is 306 g/mol. The van der Waals surface area contributed by atoms with E-state index in [2.05, 4.69) is 22.4 Å². The van der Waals surface area contributed by atoms with Gasteiger partial charge in [-0.1, -0.05) is 16.8 Å². The van der Waals surface area contributed by atoms with Gasteiger partial charge in [-0.05, 0) is 38.2 Å². The zero-order valence-electron chi connectivity index (χ0n) is 11.9. The maximum absolute atomic E-state index is 6.00. The van der Waals surface area contributed by atoms with Gasteiger partial charge in [0.2, 0.25) is 0 Å². The molecule has 1 aromatic heterocycles. The lowest BCUT2D eigenvalue weighted by Crippen LogP contribution is -2.24. The zero-order valence-corrected chi connectivity index (χ0v) is 12.6. The molecule has 0 bridgehead atoms. The van der Waals surface area contributed by atoms with Crippen LogP contribution in [0, 0.1) is 0 Å². The van der Waals surface area contributed by atoms with Crippen LogP contribution in [0.4, 0.5) is 0 Å². The highest BCUT2D eigenvalue weighted by atomic mass is 35.5. The predicted molar refractivity (Wildman–Crippen MR) is 81.3 cm³/mol. The van der Waals surface area contributed by atoms with E-state index in [4.69, 9.17) is 20.9 Å². The van der Waals surface area contributed by atoms with E-state index in [0.717, 1.165) is 23.3 Å². The lowest BCUT2D eigenvalue weighted by molar-refractivity contribution is 0.350. The van der Waals surface area contributed by atoms with Gasteiger partial charge in [0.15, 0.2) is 5.82 Å². The largest absolute Gasteiger partial charge is 0.488 e. The van der Waals surface area contributed by atoms with Crippen LogP contribution in [0.25, 0.3) is 11.6 Å². The number of hydrogen-bond acceptors (Lipinski definition) is 5. The fraction of sp³-hybridized carbons (Fsp3) is 0.333. The number of rotatable bonds is 4. The van der Waals surface area contributed by atoms with E-state index in [1.54, 1.807) is 0 Å². The van der Waals surface area contributed by atoms with Gasteiger partial charge >= 0.3 is 0 Å². The van der Waals surface area contributed by atoms with Crippen molar-refractivity contribution in [1.29, 1.82) is 0 Å². The van der Waals surface area contributed by atoms with Gasteiger partial charge < -0.3 is 14.6 Å². The molecular formula is C15H16ClN3O2. The molecule has 2 aromatic rings. The lowest BCUT2D eigenvalue weighted by atomic mass is 10.1. The van der Waals surface area contributed by atoms with Crippen molar-refractivity contribution in [2.24, 2.45) is 0 Å². The van der Waals surface area contributed by atoms with Gasteiger partial charge in [0.05, 0.1) is 5.57 Å². The van der Waals surface area contributed by atoms with E-state index in [0.29, 0.717) is 29.4 Å². The predicted octanol–water partition coefficient (Wildman–Crippen LogP) is 2.81. The number of benzene rings is 1. The summed E-state index contributed by atoms with van der Waals surface area (Å²) < 4.78 is 11.0.